The van der Waals surface area contributed by atoms with Gasteiger partial charge in [0.1, 0.15) is 5.75 Å². The first-order valence-corrected chi connectivity index (χ1v) is 8.20. The minimum absolute atomic E-state index is 0.000563. The quantitative estimate of drug-likeness (QED) is 0.649. The van der Waals surface area contributed by atoms with Crippen LogP contribution < -0.4 is 4.74 Å². The zero-order valence-electron chi connectivity index (χ0n) is 14.4. The molecule has 0 aromatic heterocycles. The number of hydrogen-bond donors (Lipinski definition) is 3. The molecule has 2 aliphatic heterocycles. The van der Waals surface area contributed by atoms with Gasteiger partial charge in [-0.1, -0.05) is 0 Å². The molecule has 1 aliphatic carbocycles. The van der Waals surface area contributed by atoms with Crippen molar-refractivity contribution in [3.05, 3.63) is 28.3 Å². The Balaban J connectivity index is 1.90. The molecule has 142 valence electrons. The summed E-state index contributed by atoms with van der Waals surface area (Å²) in [6, 6.07) is 1.04. The number of phenolic OH excluding ortho intramolecular Hbond substituents is 2. The van der Waals surface area contributed by atoms with Gasteiger partial charge in [0.25, 0.3) is 0 Å². The van der Waals surface area contributed by atoms with E-state index in [9.17, 15) is 29.7 Å². The summed E-state index contributed by atoms with van der Waals surface area (Å²) in [5, 5.41) is 29.9. The third-order valence-corrected chi connectivity index (χ3v) is 5.07. The van der Waals surface area contributed by atoms with Crippen LogP contribution in [0.15, 0.2) is 17.2 Å². The number of carbonyl (C=O) groups is 3. The number of methoxy groups -OCH3 is 1. The third kappa shape index (κ3) is 2.35. The van der Waals surface area contributed by atoms with Crippen LogP contribution in [0.4, 0.5) is 0 Å². The molecular formula is C18H16O9. The number of carbonyl (C=O) groups excluding carboxylic acids is 2. The van der Waals surface area contributed by atoms with Gasteiger partial charge in [-0.3, -0.25) is 9.59 Å². The van der Waals surface area contributed by atoms with Gasteiger partial charge in [0.05, 0.1) is 24.3 Å². The Morgan fingerprint density at radius 2 is 1.93 bits per heavy atom. The third-order valence-electron chi connectivity index (χ3n) is 5.07. The summed E-state index contributed by atoms with van der Waals surface area (Å²) in [7, 11) is 1.25. The van der Waals surface area contributed by atoms with Crippen LogP contribution in [0.2, 0.25) is 0 Å². The lowest BCUT2D eigenvalue weighted by Crippen LogP contribution is -2.54. The monoisotopic (exact) mass is 376 g/mol. The van der Waals surface area contributed by atoms with Crippen molar-refractivity contribution >= 4 is 17.5 Å². The molecule has 0 amide bonds. The van der Waals surface area contributed by atoms with Crippen LogP contribution in [-0.2, 0) is 14.3 Å². The minimum atomic E-state index is -1.39. The number of ether oxygens (including phenoxy) is 3. The molecule has 27 heavy (non-hydrogen) atoms. The molecule has 3 aliphatic rings. The standard InChI is InChI=1S/C18H16O9/c1-18-5-6-11(8(26-18)4-10(27-18)17(23)24)16(22)12-7(19)3-9(25-2)15(21)13(12)14(6)20/h3,8,10,19,21H,4-5H2,1-2H3,(H,23,24)/t8-,10+,18-/m0/s1. The summed E-state index contributed by atoms with van der Waals surface area (Å²) < 4.78 is 16.1. The number of ketones is 2. The predicted octanol–water partition coefficient (Wildman–Crippen LogP) is 1.16. The lowest BCUT2D eigenvalue weighted by Gasteiger charge is -2.47. The van der Waals surface area contributed by atoms with E-state index in [4.69, 9.17) is 14.2 Å². The number of Topliss-reactive ketones (excluding diaryl/α,β-unsaturated/α-hetero) is 2. The Kier molecular flexibility index (Phi) is 3.59. The van der Waals surface area contributed by atoms with Crippen LogP contribution in [0, 0.1) is 0 Å². The first-order chi connectivity index (χ1) is 12.7. The number of phenols is 2. The molecule has 2 heterocycles. The van der Waals surface area contributed by atoms with Crippen LogP contribution in [0.25, 0.3) is 0 Å². The number of rotatable bonds is 2. The summed E-state index contributed by atoms with van der Waals surface area (Å²) in [6.07, 6.45) is -2.47. The van der Waals surface area contributed by atoms with Gasteiger partial charge < -0.3 is 29.5 Å². The van der Waals surface area contributed by atoms with E-state index in [2.05, 4.69) is 0 Å². The minimum Gasteiger partial charge on any atom is -0.507 e. The fraction of sp³-hybridized carbons (Fsp3) is 0.389. The average Bonchev–Trinajstić information content (AvgIpc) is 2.59. The van der Waals surface area contributed by atoms with Gasteiger partial charge in [-0.25, -0.2) is 4.79 Å². The first kappa shape index (κ1) is 17.5. The second-order valence-electron chi connectivity index (χ2n) is 6.84. The first-order valence-electron chi connectivity index (χ1n) is 8.20. The maximum absolute atomic E-state index is 13.1. The van der Waals surface area contributed by atoms with Crippen molar-refractivity contribution in [1.29, 1.82) is 0 Å². The van der Waals surface area contributed by atoms with E-state index in [0.717, 1.165) is 6.07 Å². The number of aromatic hydroxyl groups is 2. The molecule has 3 N–H and O–H groups in total. The van der Waals surface area contributed by atoms with E-state index in [1.54, 1.807) is 0 Å². The maximum Gasteiger partial charge on any atom is 0.333 e. The number of benzene rings is 1. The topological polar surface area (TPSA) is 140 Å². The van der Waals surface area contributed by atoms with Crippen LogP contribution in [0.1, 0.15) is 40.5 Å². The highest BCUT2D eigenvalue weighted by Gasteiger charge is 2.53. The van der Waals surface area contributed by atoms with Gasteiger partial charge in [-0.05, 0) is 6.92 Å². The van der Waals surface area contributed by atoms with Crippen molar-refractivity contribution in [2.24, 2.45) is 0 Å². The van der Waals surface area contributed by atoms with E-state index in [0.29, 0.717) is 0 Å². The highest BCUT2D eigenvalue weighted by Crippen LogP contribution is 2.49. The summed E-state index contributed by atoms with van der Waals surface area (Å²) in [6.45, 7) is 1.50. The summed E-state index contributed by atoms with van der Waals surface area (Å²) in [5.41, 5.74) is -0.603. The average molecular weight is 376 g/mol. The van der Waals surface area contributed by atoms with Crippen LogP contribution in [0.3, 0.4) is 0 Å². The molecule has 0 spiro atoms. The van der Waals surface area contributed by atoms with E-state index >= 15 is 0 Å². The predicted molar refractivity (Wildman–Crippen MR) is 87.0 cm³/mol. The van der Waals surface area contributed by atoms with Crippen molar-refractivity contribution in [2.75, 3.05) is 7.11 Å². The molecule has 4 rings (SSSR count). The van der Waals surface area contributed by atoms with Gasteiger partial charge >= 0.3 is 5.97 Å². The summed E-state index contributed by atoms with van der Waals surface area (Å²) in [4.78, 5) is 37.5. The molecule has 0 unspecified atom stereocenters. The van der Waals surface area contributed by atoms with Gasteiger partial charge in [-0.2, -0.15) is 0 Å². The highest BCUT2D eigenvalue weighted by atomic mass is 16.7. The SMILES string of the molecule is COc1cc(O)c2c(c1O)C(=O)C1=C(C2=O)[C@@H]2C[C@H](C(=O)O)O[C@@](C)(C1)O2. The largest absolute Gasteiger partial charge is 0.507 e. The number of carboxylic acids is 1. The molecule has 1 fully saturated rings. The van der Waals surface area contributed by atoms with E-state index < -0.39 is 47.0 Å². The van der Waals surface area contributed by atoms with Crippen molar-refractivity contribution in [2.45, 2.75) is 37.8 Å². The number of hydrogen-bond acceptors (Lipinski definition) is 8. The number of carboxylic acid groups (broad SMARTS) is 1. The van der Waals surface area contributed by atoms with Crippen LogP contribution in [-0.4, -0.2) is 58.0 Å². The fourth-order valence-corrected chi connectivity index (χ4v) is 3.95. The lowest BCUT2D eigenvalue weighted by molar-refractivity contribution is -0.302. The van der Waals surface area contributed by atoms with Crippen molar-refractivity contribution in [3.63, 3.8) is 0 Å². The van der Waals surface area contributed by atoms with Crippen molar-refractivity contribution < 1.29 is 43.9 Å². The Morgan fingerprint density at radius 3 is 2.56 bits per heavy atom. The van der Waals surface area contributed by atoms with E-state index in [1.165, 1.54) is 14.0 Å². The zero-order valence-corrected chi connectivity index (χ0v) is 14.4. The maximum atomic E-state index is 13.1. The second kappa shape index (κ2) is 5.54. The normalized spacial score (nSPS) is 29.3. The van der Waals surface area contributed by atoms with Crippen molar-refractivity contribution in [1.82, 2.24) is 0 Å². The van der Waals surface area contributed by atoms with E-state index in [1.807, 2.05) is 0 Å². The summed E-state index contributed by atoms with van der Waals surface area (Å²) in [5.74, 6) is -5.12. The molecule has 3 atom stereocenters. The van der Waals surface area contributed by atoms with Crippen molar-refractivity contribution in [3.8, 4) is 17.2 Å². The van der Waals surface area contributed by atoms with Crippen LogP contribution in [0.5, 0.6) is 17.2 Å². The van der Waals surface area contributed by atoms with Gasteiger partial charge in [0, 0.05) is 30.1 Å². The second-order valence-corrected chi connectivity index (χ2v) is 6.84. The molecular weight excluding hydrogens is 360 g/mol. The Hall–Kier alpha value is -2.91. The van der Waals surface area contributed by atoms with E-state index in [-0.39, 0.29) is 40.9 Å². The molecule has 9 heteroatoms. The smallest absolute Gasteiger partial charge is 0.333 e. The molecule has 0 radical (unpaired) electrons. The molecule has 9 nitrogen and oxygen atoms in total. The van der Waals surface area contributed by atoms with Gasteiger partial charge in [0.15, 0.2) is 35.0 Å². The Bertz CT molecular complexity index is 945. The fourth-order valence-electron chi connectivity index (χ4n) is 3.95. The number of aliphatic carboxylic acids is 1. The number of fused-ring (bicyclic) bond motifs is 4. The Labute approximate surface area is 152 Å². The molecule has 1 aromatic rings. The molecule has 1 saturated heterocycles. The molecule has 1 aromatic carbocycles. The Morgan fingerprint density at radius 1 is 1.22 bits per heavy atom. The lowest BCUT2D eigenvalue weighted by atomic mass is 9.75. The molecule has 2 bridgehead atoms. The van der Waals surface area contributed by atoms with Crippen LogP contribution >= 0.6 is 0 Å². The molecule has 0 saturated carbocycles. The zero-order chi connectivity index (χ0) is 19.7. The van der Waals surface area contributed by atoms with Gasteiger partial charge in [-0.15, -0.1) is 0 Å². The summed E-state index contributed by atoms with van der Waals surface area (Å²) >= 11 is 0. The highest BCUT2D eigenvalue weighted by molar-refractivity contribution is 6.29. The van der Waals surface area contributed by atoms with Gasteiger partial charge in [0.2, 0.25) is 0 Å².